The van der Waals surface area contributed by atoms with Crippen molar-refractivity contribution in [3.8, 4) is 5.75 Å². The zero-order valence-electron chi connectivity index (χ0n) is 14.2. The summed E-state index contributed by atoms with van der Waals surface area (Å²) in [4.78, 5) is 28.4. The minimum Gasteiger partial charge on any atom is -0.497 e. The van der Waals surface area contributed by atoms with Crippen molar-refractivity contribution in [2.75, 3.05) is 12.4 Å². The van der Waals surface area contributed by atoms with Crippen molar-refractivity contribution in [2.24, 2.45) is 5.73 Å². The number of methoxy groups -OCH3 is 1. The van der Waals surface area contributed by atoms with Crippen LogP contribution in [0.25, 0.3) is 0 Å². The van der Waals surface area contributed by atoms with Crippen molar-refractivity contribution in [2.45, 2.75) is 6.54 Å². The van der Waals surface area contributed by atoms with Gasteiger partial charge in [-0.1, -0.05) is 30.3 Å². The molecule has 7 heteroatoms. The summed E-state index contributed by atoms with van der Waals surface area (Å²) >= 11 is 0. The summed E-state index contributed by atoms with van der Waals surface area (Å²) in [5, 5.41) is 2.64. The number of anilines is 1. The van der Waals surface area contributed by atoms with Crippen LogP contribution in [0.4, 0.5) is 5.82 Å². The number of nitrogens with two attached hydrogens (primary N) is 1. The highest BCUT2D eigenvalue weighted by Crippen LogP contribution is 2.18. The molecule has 132 valence electrons. The Morgan fingerprint density at radius 3 is 2.62 bits per heavy atom. The fourth-order valence-corrected chi connectivity index (χ4v) is 2.59. The molecule has 2 aromatic carbocycles. The normalized spacial score (nSPS) is 10.3. The number of aromatic nitrogens is 2. The molecule has 0 aliphatic heterocycles. The second kappa shape index (κ2) is 7.52. The van der Waals surface area contributed by atoms with Gasteiger partial charge in [0.05, 0.1) is 13.4 Å². The number of hydrogen-bond acceptors (Lipinski definition) is 4. The SMILES string of the molecule is COc1cccc(Cn2cnc(NC(=O)c3ccccc3)c2C(N)=O)c1. The summed E-state index contributed by atoms with van der Waals surface area (Å²) in [5.74, 6) is -0.191. The Hall–Kier alpha value is -3.61. The molecule has 7 nitrogen and oxygen atoms in total. The molecule has 3 N–H and O–H groups in total. The highest BCUT2D eigenvalue weighted by atomic mass is 16.5. The van der Waals surface area contributed by atoms with E-state index in [1.54, 1.807) is 35.9 Å². The summed E-state index contributed by atoms with van der Waals surface area (Å²) in [6.07, 6.45) is 1.47. The number of hydrogen-bond donors (Lipinski definition) is 2. The standard InChI is InChI=1S/C19H18N4O3/c1-26-15-9-5-6-13(10-15)11-23-12-21-18(16(23)17(20)24)22-19(25)14-7-3-2-4-8-14/h2-10,12H,11H2,1H3,(H2,20,24)(H,22,25). The lowest BCUT2D eigenvalue weighted by Gasteiger charge is -2.09. The molecule has 0 unspecified atom stereocenters. The van der Waals surface area contributed by atoms with Gasteiger partial charge in [-0.2, -0.15) is 0 Å². The monoisotopic (exact) mass is 350 g/mol. The molecule has 0 radical (unpaired) electrons. The van der Waals surface area contributed by atoms with Crippen LogP contribution in [0.1, 0.15) is 26.4 Å². The van der Waals surface area contributed by atoms with Crippen molar-refractivity contribution in [3.63, 3.8) is 0 Å². The van der Waals surface area contributed by atoms with E-state index in [2.05, 4.69) is 10.3 Å². The maximum absolute atomic E-state index is 12.3. The number of ether oxygens (including phenoxy) is 1. The van der Waals surface area contributed by atoms with Crippen LogP contribution in [0, 0.1) is 0 Å². The summed E-state index contributed by atoms with van der Waals surface area (Å²) in [6, 6.07) is 16.1. The molecule has 26 heavy (non-hydrogen) atoms. The van der Waals surface area contributed by atoms with Gasteiger partial charge in [0, 0.05) is 12.1 Å². The maximum Gasteiger partial charge on any atom is 0.269 e. The van der Waals surface area contributed by atoms with E-state index >= 15 is 0 Å². The smallest absolute Gasteiger partial charge is 0.269 e. The lowest BCUT2D eigenvalue weighted by molar-refractivity contribution is 0.0993. The van der Waals surface area contributed by atoms with Gasteiger partial charge in [0.1, 0.15) is 5.75 Å². The molecular formula is C19H18N4O3. The topological polar surface area (TPSA) is 99.2 Å². The number of carbonyl (C=O) groups is 2. The number of nitrogens with one attached hydrogen (secondary N) is 1. The van der Waals surface area contributed by atoms with Gasteiger partial charge in [-0.05, 0) is 29.8 Å². The van der Waals surface area contributed by atoms with E-state index in [0.717, 1.165) is 5.56 Å². The first kappa shape index (κ1) is 17.2. The van der Waals surface area contributed by atoms with Crippen molar-refractivity contribution >= 4 is 17.6 Å². The highest BCUT2D eigenvalue weighted by Gasteiger charge is 2.19. The molecule has 0 saturated carbocycles. The number of primary amides is 1. The number of benzene rings is 2. The number of nitrogens with zero attached hydrogens (tertiary/aromatic N) is 2. The van der Waals surface area contributed by atoms with Gasteiger partial charge in [0.2, 0.25) is 0 Å². The van der Waals surface area contributed by atoms with Crippen LogP contribution < -0.4 is 15.8 Å². The second-order valence-electron chi connectivity index (χ2n) is 5.61. The second-order valence-corrected chi connectivity index (χ2v) is 5.61. The van der Waals surface area contributed by atoms with Crippen LogP contribution in [-0.2, 0) is 6.54 Å². The van der Waals surface area contributed by atoms with Crippen molar-refractivity contribution in [1.29, 1.82) is 0 Å². The van der Waals surface area contributed by atoms with Gasteiger partial charge in [-0.3, -0.25) is 9.59 Å². The Morgan fingerprint density at radius 2 is 1.92 bits per heavy atom. The van der Waals surface area contributed by atoms with Crippen LogP contribution in [0.2, 0.25) is 0 Å². The third-order valence-electron chi connectivity index (χ3n) is 3.83. The molecular weight excluding hydrogens is 332 g/mol. The number of amides is 2. The summed E-state index contributed by atoms with van der Waals surface area (Å²) in [7, 11) is 1.59. The summed E-state index contributed by atoms with van der Waals surface area (Å²) in [5.41, 5.74) is 7.02. The molecule has 0 aliphatic rings. The Labute approximate surface area is 150 Å². The van der Waals surface area contributed by atoms with Gasteiger partial charge in [-0.25, -0.2) is 4.98 Å². The van der Waals surface area contributed by atoms with Crippen LogP contribution in [0.5, 0.6) is 5.75 Å². The molecule has 0 saturated heterocycles. The molecule has 1 heterocycles. The molecule has 0 spiro atoms. The Balaban J connectivity index is 1.86. The molecule has 0 aliphatic carbocycles. The van der Waals surface area contributed by atoms with Crippen molar-refractivity contribution in [1.82, 2.24) is 9.55 Å². The van der Waals surface area contributed by atoms with Gasteiger partial charge >= 0.3 is 0 Å². The summed E-state index contributed by atoms with van der Waals surface area (Å²) < 4.78 is 6.80. The molecule has 0 fully saturated rings. The van der Waals surface area contributed by atoms with E-state index in [9.17, 15) is 9.59 Å². The minimum absolute atomic E-state index is 0.134. The third kappa shape index (κ3) is 3.72. The average molecular weight is 350 g/mol. The van der Waals surface area contributed by atoms with Crippen molar-refractivity contribution in [3.05, 3.63) is 77.7 Å². The zero-order chi connectivity index (χ0) is 18.5. The van der Waals surface area contributed by atoms with E-state index in [4.69, 9.17) is 10.5 Å². The van der Waals surface area contributed by atoms with E-state index < -0.39 is 5.91 Å². The Kier molecular flexibility index (Phi) is 4.98. The average Bonchev–Trinajstić information content (AvgIpc) is 3.04. The van der Waals surface area contributed by atoms with Gasteiger partial charge in [0.25, 0.3) is 11.8 Å². The molecule has 3 aromatic rings. The maximum atomic E-state index is 12.3. The quantitative estimate of drug-likeness (QED) is 0.712. The lowest BCUT2D eigenvalue weighted by atomic mass is 10.2. The molecule has 0 bridgehead atoms. The first-order valence-electron chi connectivity index (χ1n) is 7.92. The third-order valence-corrected chi connectivity index (χ3v) is 3.83. The molecule has 3 rings (SSSR count). The van der Waals surface area contributed by atoms with Crippen molar-refractivity contribution < 1.29 is 14.3 Å². The largest absolute Gasteiger partial charge is 0.497 e. The Morgan fingerprint density at radius 1 is 1.15 bits per heavy atom. The predicted octanol–water partition coefficient (Wildman–Crippen LogP) is 2.29. The van der Waals surface area contributed by atoms with E-state index in [0.29, 0.717) is 17.9 Å². The van der Waals surface area contributed by atoms with Crippen LogP contribution in [0.3, 0.4) is 0 Å². The van der Waals surface area contributed by atoms with Crippen LogP contribution in [-0.4, -0.2) is 28.5 Å². The number of imidazole rings is 1. The van der Waals surface area contributed by atoms with Crippen LogP contribution in [0.15, 0.2) is 60.9 Å². The predicted molar refractivity (Wildman–Crippen MR) is 97.2 cm³/mol. The summed E-state index contributed by atoms with van der Waals surface area (Å²) in [6.45, 7) is 0.365. The fourth-order valence-electron chi connectivity index (χ4n) is 2.59. The number of rotatable bonds is 6. The zero-order valence-corrected chi connectivity index (χ0v) is 14.2. The van der Waals surface area contributed by atoms with Crippen LogP contribution >= 0.6 is 0 Å². The first-order valence-corrected chi connectivity index (χ1v) is 7.92. The lowest BCUT2D eigenvalue weighted by Crippen LogP contribution is -2.21. The highest BCUT2D eigenvalue weighted by molar-refractivity contribution is 6.07. The van der Waals surface area contributed by atoms with Gasteiger partial charge < -0.3 is 20.4 Å². The van der Waals surface area contributed by atoms with E-state index in [1.807, 2.05) is 30.3 Å². The van der Waals surface area contributed by atoms with E-state index in [-0.39, 0.29) is 17.4 Å². The molecule has 0 atom stereocenters. The molecule has 1 aromatic heterocycles. The first-order chi connectivity index (χ1) is 12.6. The van der Waals surface area contributed by atoms with E-state index in [1.165, 1.54) is 6.33 Å². The van der Waals surface area contributed by atoms with Gasteiger partial charge in [-0.15, -0.1) is 0 Å². The van der Waals surface area contributed by atoms with Gasteiger partial charge in [0.15, 0.2) is 11.5 Å². The minimum atomic E-state index is -0.672. The number of carbonyl (C=O) groups excluding carboxylic acids is 2. The Bertz CT molecular complexity index is 935. The molecule has 2 amide bonds. The fraction of sp³-hybridized carbons (Fsp3) is 0.105.